The topological polar surface area (TPSA) is 64.0 Å². The highest BCUT2D eigenvalue weighted by atomic mass is 32.2. The third-order valence-corrected chi connectivity index (χ3v) is 6.19. The number of nitrogens with one attached hydrogen (secondary N) is 1. The molecule has 0 fully saturated rings. The Balaban J connectivity index is 1.76. The standard InChI is InChI=1S/C17H19F4N3O2S/c1-11-10-12(18)6-7-15(11)27(25,26)22-8-9-24-14-5-3-2-4-13(14)16(23-24)17(19,20)21/h6-7,10,22H,2-5,8-9H2,1H3. The summed E-state index contributed by atoms with van der Waals surface area (Å²) in [6.07, 6.45) is -2.26. The van der Waals surface area contributed by atoms with Crippen molar-refractivity contribution in [3.8, 4) is 0 Å². The molecule has 0 saturated heterocycles. The van der Waals surface area contributed by atoms with E-state index in [9.17, 15) is 26.0 Å². The Bertz CT molecular complexity index is 952. The van der Waals surface area contributed by atoms with Crippen molar-refractivity contribution in [2.45, 2.75) is 50.2 Å². The number of alkyl halides is 3. The van der Waals surface area contributed by atoms with Gasteiger partial charge in [0.1, 0.15) is 5.82 Å². The molecule has 148 valence electrons. The van der Waals surface area contributed by atoms with Crippen molar-refractivity contribution >= 4 is 10.0 Å². The number of hydrogen-bond donors (Lipinski definition) is 1. The molecule has 0 aliphatic heterocycles. The molecule has 2 aromatic rings. The van der Waals surface area contributed by atoms with E-state index in [2.05, 4.69) is 9.82 Å². The second kappa shape index (κ2) is 7.23. The first-order valence-electron chi connectivity index (χ1n) is 8.51. The molecular formula is C17H19F4N3O2S. The highest BCUT2D eigenvalue weighted by molar-refractivity contribution is 7.89. The quantitative estimate of drug-likeness (QED) is 0.777. The van der Waals surface area contributed by atoms with Gasteiger partial charge in [-0.15, -0.1) is 0 Å². The molecule has 0 spiro atoms. The molecule has 0 bridgehead atoms. The monoisotopic (exact) mass is 405 g/mol. The van der Waals surface area contributed by atoms with Crippen LogP contribution in [0.2, 0.25) is 0 Å². The molecule has 10 heteroatoms. The maximum absolute atomic E-state index is 13.2. The summed E-state index contributed by atoms with van der Waals surface area (Å²) in [6, 6.07) is 3.31. The van der Waals surface area contributed by atoms with E-state index < -0.39 is 27.7 Å². The number of hydrogen-bond acceptors (Lipinski definition) is 3. The van der Waals surface area contributed by atoms with E-state index in [0.29, 0.717) is 25.0 Å². The van der Waals surface area contributed by atoms with Crippen molar-refractivity contribution < 1.29 is 26.0 Å². The van der Waals surface area contributed by atoms with Gasteiger partial charge in [0, 0.05) is 17.8 Å². The van der Waals surface area contributed by atoms with Crippen LogP contribution in [0.1, 0.15) is 35.4 Å². The number of benzene rings is 1. The minimum absolute atomic E-state index is 0.0160. The van der Waals surface area contributed by atoms with Crippen LogP contribution in [0.5, 0.6) is 0 Å². The van der Waals surface area contributed by atoms with E-state index in [1.54, 1.807) is 0 Å². The van der Waals surface area contributed by atoms with E-state index >= 15 is 0 Å². The van der Waals surface area contributed by atoms with Crippen molar-refractivity contribution in [1.29, 1.82) is 0 Å². The Kier molecular flexibility index (Phi) is 5.31. The van der Waals surface area contributed by atoms with Gasteiger partial charge in [0.25, 0.3) is 0 Å². The summed E-state index contributed by atoms with van der Waals surface area (Å²) in [6.45, 7) is 1.33. The van der Waals surface area contributed by atoms with Gasteiger partial charge in [-0.2, -0.15) is 18.3 Å². The molecule has 1 aliphatic rings. The maximum atomic E-state index is 13.2. The van der Waals surface area contributed by atoms with Crippen LogP contribution >= 0.6 is 0 Å². The number of aromatic nitrogens is 2. The van der Waals surface area contributed by atoms with Crippen LogP contribution in [0, 0.1) is 12.7 Å². The van der Waals surface area contributed by atoms with Crippen LogP contribution in [0.25, 0.3) is 0 Å². The Labute approximate surface area is 154 Å². The molecule has 1 N–H and O–H groups in total. The minimum Gasteiger partial charge on any atom is -0.267 e. The zero-order valence-corrected chi connectivity index (χ0v) is 15.4. The van der Waals surface area contributed by atoms with Gasteiger partial charge in [-0.25, -0.2) is 17.5 Å². The predicted molar refractivity (Wildman–Crippen MR) is 90.2 cm³/mol. The number of fused-ring (bicyclic) bond motifs is 1. The summed E-state index contributed by atoms with van der Waals surface area (Å²) in [5.41, 5.74) is 0.101. The van der Waals surface area contributed by atoms with Gasteiger partial charge in [0.05, 0.1) is 11.4 Å². The minimum atomic E-state index is -4.53. The fourth-order valence-corrected chi connectivity index (χ4v) is 4.61. The molecular weight excluding hydrogens is 386 g/mol. The number of sulfonamides is 1. The van der Waals surface area contributed by atoms with Crippen LogP contribution in [-0.4, -0.2) is 24.7 Å². The summed E-state index contributed by atoms with van der Waals surface area (Å²) in [4.78, 5) is -0.0672. The van der Waals surface area contributed by atoms with Gasteiger partial charge in [-0.1, -0.05) is 0 Å². The smallest absolute Gasteiger partial charge is 0.267 e. The second-order valence-corrected chi connectivity index (χ2v) is 8.24. The molecule has 0 unspecified atom stereocenters. The zero-order chi connectivity index (χ0) is 19.8. The van der Waals surface area contributed by atoms with Gasteiger partial charge in [-0.3, -0.25) is 4.68 Å². The molecule has 3 rings (SSSR count). The molecule has 1 aliphatic carbocycles. The van der Waals surface area contributed by atoms with E-state index in [-0.39, 0.29) is 29.1 Å². The van der Waals surface area contributed by atoms with Crippen LogP contribution < -0.4 is 4.72 Å². The lowest BCUT2D eigenvalue weighted by Crippen LogP contribution is -2.29. The van der Waals surface area contributed by atoms with Crippen LogP contribution in [0.15, 0.2) is 23.1 Å². The Hall–Kier alpha value is -1.94. The fraction of sp³-hybridized carbons (Fsp3) is 0.471. The zero-order valence-electron chi connectivity index (χ0n) is 14.6. The van der Waals surface area contributed by atoms with E-state index in [1.165, 1.54) is 11.6 Å². The molecule has 5 nitrogen and oxygen atoms in total. The molecule has 27 heavy (non-hydrogen) atoms. The summed E-state index contributed by atoms with van der Waals surface area (Å²) in [5.74, 6) is -0.547. The van der Waals surface area contributed by atoms with Crippen LogP contribution in [0.3, 0.4) is 0 Å². The molecule has 0 saturated carbocycles. The molecule has 1 aromatic carbocycles. The average molecular weight is 405 g/mol. The summed E-state index contributed by atoms with van der Waals surface area (Å²) in [5, 5.41) is 3.69. The summed E-state index contributed by atoms with van der Waals surface area (Å²) >= 11 is 0. The average Bonchev–Trinajstić information content (AvgIpc) is 2.93. The lowest BCUT2D eigenvalue weighted by molar-refractivity contribution is -0.142. The maximum Gasteiger partial charge on any atom is 0.435 e. The first-order valence-corrected chi connectivity index (χ1v) is 9.99. The molecule has 0 atom stereocenters. The van der Waals surface area contributed by atoms with Crippen molar-refractivity contribution in [2.24, 2.45) is 0 Å². The van der Waals surface area contributed by atoms with E-state index in [1.807, 2.05) is 0 Å². The Morgan fingerprint density at radius 1 is 1.22 bits per heavy atom. The van der Waals surface area contributed by atoms with Gasteiger partial charge >= 0.3 is 6.18 Å². The largest absolute Gasteiger partial charge is 0.435 e. The Morgan fingerprint density at radius 3 is 2.59 bits per heavy atom. The van der Waals surface area contributed by atoms with Gasteiger partial charge < -0.3 is 0 Å². The molecule has 0 amide bonds. The summed E-state index contributed by atoms with van der Waals surface area (Å²) in [7, 11) is -3.90. The molecule has 0 radical (unpaired) electrons. The van der Waals surface area contributed by atoms with Crippen LogP contribution in [0.4, 0.5) is 17.6 Å². The number of rotatable bonds is 5. The first kappa shape index (κ1) is 19.8. The number of nitrogens with zero attached hydrogens (tertiary/aromatic N) is 2. The number of aryl methyl sites for hydroxylation is 1. The lowest BCUT2D eigenvalue weighted by atomic mass is 9.95. The SMILES string of the molecule is Cc1cc(F)ccc1S(=O)(=O)NCCn1nc(C(F)(F)F)c2c1CCCC2. The summed E-state index contributed by atoms with van der Waals surface area (Å²) < 4.78 is 81.0. The lowest BCUT2D eigenvalue weighted by Gasteiger charge is -2.15. The second-order valence-electron chi connectivity index (χ2n) is 6.51. The van der Waals surface area contributed by atoms with Crippen LogP contribution in [-0.2, 0) is 35.6 Å². The number of halogens is 4. The van der Waals surface area contributed by atoms with E-state index in [4.69, 9.17) is 0 Å². The third kappa shape index (κ3) is 4.16. The normalized spacial score (nSPS) is 15.0. The Morgan fingerprint density at radius 2 is 1.93 bits per heavy atom. The van der Waals surface area contributed by atoms with Crippen molar-refractivity contribution in [3.63, 3.8) is 0 Å². The third-order valence-electron chi connectivity index (χ3n) is 4.57. The first-order chi connectivity index (χ1) is 12.6. The highest BCUT2D eigenvalue weighted by Crippen LogP contribution is 2.35. The van der Waals surface area contributed by atoms with Crippen molar-refractivity contribution in [3.05, 3.63) is 46.5 Å². The van der Waals surface area contributed by atoms with Gasteiger partial charge in [-0.05, 0) is 56.4 Å². The van der Waals surface area contributed by atoms with Crippen molar-refractivity contribution in [2.75, 3.05) is 6.54 Å². The predicted octanol–water partition coefficient (Wildman–Crippen LogP) is 3.21. The van der Waals surface area contributed by atoms with Crippen molar-refractivity contribution in [1.82, 2.24) is 14.5 Å². The molecule has 1 aromatic heterocycles. The van der Waals surface area contributed by atoms with Gasteiger partial charge in [0.15, 0.2) is 5.69 Å². The fourth-order valence-electron chi connectivity index (χ4n) is 3.36. The van der Waals surface area contributed by atoms with Gasteiger partial charge in [0.2, 0.25) is 10.0 Å². The van der Waals surface area contributed by atoms with E-state index in [0.717, 1.165) is 24.6 Å². The molecule has 1 heterocycles. The highest BCUT2D eigenvalue weighted by Gasteiger charge is 2.39.